The van der Waals surface area contributed by atoms with Crippen LogP contribution >= 0.6 is 0 Å². The lowest BCUT2D eigenvalue weighted by atomic mass is 10.2. The van der Waals surface area contributed by atoms with Gasteiger partial charge in [0, 0.05) is 31.0 Å². The number of hydrogen-bond acceptors (Lipinski definition) is 4. The predicted octanol–water partition coefficient (Wildman–Crippen LogP) is 3.09. The number of rotatable bonds is 3. The largest absolute Gasteiger partial charge is 0.399 e. The third-order valence-electron chi connectivity index (χ3n) is 2.97. The molecule has 1 aromatic rings. The van der Waals surface area contributed by atoms with Gasteiger partial charge in [-0.1, -0.05) is 27.7 Å². The first-order chi connectivity index (χ1) is 10.1. The summed E-state index contributed by atoms with van der Waals surface area (Å²) in [6, 6.07) is 8.05. The molecule has 1 saturated heterocycles. The van der Waals surface area contributed by atoms with Crippen LogP contribution in [0.15, 0.2) is 24.3 Å². The fourth-order valence-electron chi connectivity index (χ4n) is 2.16. The quantitative estimate of drug-likeness (QED) is 0.870. The number of nitrogen functional groups attached to an aromatic ring is 1. The van der Waals surface area contributed by atoms with E-state index in [1.54, 1.807) is 0 Å². The number of nitrogens with two attached hydrogens (primary N) is 1. The molecule has 1 atom stereocenters. The first-order valence-corrected chi connectivity index (χ1v) is 8.02. The number of ether oxygens (including phenoxy) is 1. The van der Waals surface area contributed by atoms with E-state index >= 15 is 0 Å². The van der Waals surface area contributed by atoms with E-state index < -0.39 is 0 Å². The third-order valence-corrected chi connectivity index (χ3v) is 2.97. The highest BCUT2D eigenvalue weighted by Gasteiger charge is 2.20. The van der Waals surface area contributed by atoms with E-state index in [1.165, 1.54) is 5.69 Å². The van der Waals surface area contributed by atoms with Gasteiger partial charge in [0.15, 0.2) is 0 Å². The van der Waals surface area contributed by atoms with Crippen LogP contribution in [-0.2, 0) is 4.74 Å². The summed E-state index contributed by atoms with van der Waals surface area (Å²) in [6.45, 7) is 11.7. The number of benzene rings is 1. The van der Waals surface area contributed by atoms with Gasteiger partial charge in [-0.3, -0.25) is 0 Å². The molecule has 0 amide bonds. The standard InChI is InChI=1S/C13H21N3O.2C2H6/c1-15(2)9-13-10-16(7-8-17-13)12-5-3-11(14)4-6-12;2*1-2/h3-6,13H,7-10,14H2,1-2H3;2*1-2H3. The van der Waals surface area contributed by atoms with Gasteiger partial charge in [0.1, 0.15) is 0 Å². The molecule has 0 spiro atoms. The number of likely N-dealkylation sites (N-methyl/N-ethyl adjacent to an activating group) is 1. The maximum absolute atomic E-state index is 5.76. The number of morpholine rings is 1. The second-order valence-electron chi connectivity index (χ2n) is 4.79. The molecule has 1 unspecified atom stereocenters. The van der Waals surface area contributed by atoms with Gasteiger partial charge in [-0.2, -0.15) is 0 Å². The van der Waals surface area contributed by atoms with Gasteiger partial charge in [-0.25, -0.2) is 0 Å². The summed E-state index contributed by atoms with van der Waals surface area (Å²) in [5, 5.41) is 0. The van der Waals surface area contributed by atoms with Gasteiger partial charge in [-0.15, -0.1) is 0 Å². The highest BCUT2D eigenvalue weighted by molar-refractivity contribution is 5.53. The van der Waals surface area contributed by atoms with Crippen molar-refractivity contribution in [3.05, 3.63) is 24.3 Å². The predicted molar refractivity (Wildman–Crippen MR) is 94.1 cm³/mol. The molecule has 4 heteroatoms. The normalized spacial score (nSPS) is 17.5. The molecule has 122 valence electrons. The van der Waals surface area contributed by atoms with E-state index in [0.29, 0.717) is 0 Å². The Bertz CT molecular complexity index is 352. The Morgan fingerprint density at radius 1 is 1.14 bits per heavy atom. The zero-order valence-corrected chi connectivity index (χ0v) is 14.6. The topological polar surface area (TPSA) is 41.7 Å². The van der Waals surface area contributed by atoms with E-state index in [9.17, 15) is 0 Å². The maximum Gasteiger partial charge on any atom is 0.0877 e. The third kappa shape index (κ3) is 7.34. The van der Waals surface area contributed by atoms with Crippen molar-refractivity contribution in [2.45, 2.75) is 33.8 Å². The Balaban J connectivity index is 0.000000921. The van der Waals surface area contributed by atoms with Crippen LogP contribution in [0, 0.1) is 0 Å². The Hall–Kier alpha value is -1.26. The van der Waals surface area contributed by atoms with E-state index in [0.717, 1.165) is 31.9 Å². The Labute approximate surface area is 130 Å². The maximum atomic E-state index is 5.76. The fraction of sp³-hybridized carbons (Fsp3) is 0.647. The smallest absolute Gasteiger partial charge is 0.0877 e. The van der Waals surface area contributed by atoms with Crippen molar-refractivity contribution >= 4 is 11.4 Å². The van der Waals surface area contributed by atoms with Crippen LogP contribution < -0.4 is 10.6 Å². The summed E-state index contributed by atoms with van der Waals surface area (Å²) >= 11 is 0. The fourth-order valence-corrected chi connectivity index (χ4v) is 2.16. The van der Waals surface area contributed by atoms with Crippen LogP contribution in [0.3, 0.4) is 0 Å². The minimum atomic E-state index is 0.288. The van der Waals surface area contributed by atoms with Gasteiger partial charge in [-0.05, 0) is 38.4 Å². The van der Waals surface area contributed by atoms with Gasteiger partial charge in [0.05, 0.1) is 12.7 Å². The lowest BCUT2D eigenvalue weighted by Crippen LogP contribution is -2.46. The first-order valence-electron chi connectivity index (χ1n) is 8.02. The molecule has 1 aliphatic heterocycles. The molecule has 0 aliphatic carbocycles. The lowest BCUT2D eigenvalue weighted by Gasteiger charge is -2.35. The Morgan fingerprint density at radius 3 is 2.24 bits per heavy atom. The second-order valence-corrected chi connectivity index (χ2v) is 4.79. The molecule has 21 heavy (non-hydrogen) atoms. The second kappa shape index (κ2) is 11.4. The van der Waals surface area contributed by atoms with Crippen molar-refractivity contribution < 1.29 is 4.74 Å². The molecular formula is C17H33N3O. The monoisotopic (exact) mass is 295 g/mol. The summed E-state index contributed by atoms with van der Waals surface area (Å²) in [6.07, 6.45) is 0.288. The minimum Gasteiger partial charge on any atom is -0.399 e. The van der Waals surface area contributed by atoms with Crippen LogP contribution in [0.5, 0.6) is 0 Å². The molecule has 0 aromatic heterocycles. The van der Waals surface area contributed by atoms with Crippen molar-refractivity contribution in [2.24, 2.45) is 0 Å². The van der Waals surface area contributed by atoms with Crippen molar-refractivity contribution in [3.8, 4) is 0 Å². The zero-order valence-electron chi connectivity index (χ0n) is 14.6. The molecule has 1 aromatic carbocycles. The van der Waals surface area contributed by atoms with Crippen LogP contribution in [0.1, 0.15) is 27.7 Å². The van der Waals surface area contributed by atoms with Gasteiger partial charge >= 0.3 is 0 Å². The molecule has 1 heterocycles. The molecule has 0 bridgehead atoms. The van der Waals surface area contributed by atoms with Crippen LogP contribution in [0.25, 0.3) is 0 Å². The van der Waals surface area contributed by atoms with Crippen LogP contribution in [-0.4, -0.2) is 51.3 Å². The average Bonchev–Trinajstić information content (AvgIpc) is 2.52. The molecule has 1 aliphatic rings. The summed E-state index contributed by atoms with van der Waals surface area (Å²) in [4.78, 5) is 4.52. The molecule has 4 nitrogen and oxygen atoms in total. The van der Waals surface area contributed by atoms with Crippen molar-refractivity contribution in [3.63, 3.8) is 0 Å². The van der Waals surface area contributed by atoms with Gasteiger partial charge in [0.2, 0.25) is 0 Å². The van der Waals surface area contributed by atoms with Crippen molar-refractivity contribution in [1.29, 1.82) is 0 Å². The number of anilines is 2. The van der Waals surface area contributed by atoms with Crippen LogP contribution in [0.4, 0.5) is 11.4 Å². The molecular weight excluding hydrogens is 262 g/mol. The highest BCUT2D eigenvalue weighted by Crippen LogP contribution is 2.19. The summed E-state index contributed by atoms with van der Waals surface area (Å²) in [7, 11) is 4.15. The first kappa shape index (κ1) is 19.7. The highest BCUT2D eigenvalue weighted by atomic mass is 16.5. The lowest BCUT2D eigenvalue weighted by molar-refractivity contribution is 0.0248. The summed E-state index contributed by atoms with van der Waals surface area (Å²) < 4.78 is 5.76. The molecule has 1 fully saturated rings. The van der Waals surface area contributed by atoms with Crippen molar-refractivity contribution in [1.82, 2.24) is 4.90 Å². The Kier molecular flexibility index (Phi) is 10.7. The zero-order chi connectivity index (χ0) is 16.3. The number of hydrogen-bond donors (Lipinski definition) is 1. The molecule has 0 saturated carbocycles. The van der Waals surface area contributed by atoms with Gasteiger partial charge < -0.3 is 20.3 Å². The molecule has 0 radical (unpaired) electrons. The molecule has 2 N–H and O–H groups in total. The van der Waals surface area contributed by atoms with Gasteiger partial charge in [0.25, 0.3) is 0 Å². The van der Waals surface area contributed by atoms with E-state index in [-0.39, 0.29) is 6.10 Å². The Morgan fingerprint density at radius 2 is 1.71 bits per heavy atom. The van der Waals surface area contributed by atoms with Crippen LogP contribution in [0.2, 0.25) is 0 Å². The summed E-state index contributed by atoms with van der Waals surface area (Å²) in [5.41, 5.74) is 7.74. The van der Waals surface area contributed by atoms with E-state index in [2.05, 4.69) is 36.0 Å². The summed E-state index contributed by atoms with van der Waals surface area (Å²) in [5.74, 6) is 0. The van der Waals surface area contributed by atoms with E-state index in [4.69, 9.17) is 10.5 Å². The number of nitrogens with zero attached hydrogens (tertiary/aromatic N) is 2. The average molecular weight is 295 g/mol. The van der Waals surface area contributed by atoms with E-state index in [1.807, 2.05) is 39.8 Å². The minimum absolute atomic E-state index is 0.288. The SMILES string of the molecule is CC.CC.CN(C)CC1CN(c2ccc(N)cc2)CCO1. The van der Waals surface area contributed by atoms with Crippen molar-refractivity contribution in [2.75, 3.05) is 51.0 Å². The molecule has 2 rings (SSSR count).